The standard InChI is InChI=1S/C16H19N3OS/c1-10-3-4-11(9-17)15(7-10)21-16-18-13-6-5-12(20-2)8-14(13)19-16/h5-6,8,10-11,15H,3-4,7H2,1-2H3,(H,18,19). The molecule has 1 aliphatic rings. The summed E-state index contributed by atoms with van der Waals surface area (Å²) in [6.45, 7) is 2.27. The fraction of sp³-hybridized carbons (Fsp3) is 0.500. The number of aromatic nitrogens is 2. The van der Waals surface area contributed by atoms with Gasteiger partial charge in [-0.15, -0.1) is 0 Å². The van der Waals surface area contributed by atoms with Crippen molar-refractivity contribution in [1.29, 1.82) is 5.26 Å². The molecule has 3 atom stereocenters. The third-order valence-electron chi connectivity index (χ3n) is 4.15. The van der Waals surface area contributed by atoms with Crippen molar-refractivity contribution in [3.63, 3.8) is 0 Å². The van der Waals surface area contributed by atoms with Crippen LogP contribution in [-0.2, 0) is 0 Å². The molecule has 1 heterocycles. The number of nitriles is 1. The maximum atomic E-state index is 9.32. The van der Waals surface area contributed by atoms with Crippen LogP contribution in [0.3, 0.4) is 0 Å². The quantitative estimate of drug-likeness (QED) is 0.931. The second-order valence-electron chi connectivity index (χ2n) is 5.74. The van der Waals surface area contributed by atoms with E-state index >= 15 is 0 Å². The van der Waals surface area contributed by atoms with Gasteiger partial charge >= 0.3 is 0 Å². The summed E-state index contributed by atoms with van der Waals surface area (Å²) in [7, 11) is 1.66. The van der Waals surface area contributed by atoms with Gasteiger partial charge in [0, 0.05) is 11.3 Å². The number of fused-ring (bicyclic) bond motifs is 1. The van der Waals surface area contributed by atoms with Gasteiger partial charge in [-0.3, -0.25) is 0 Å². The Balaban J connectivity index is 1.82. The van der Waals surface area contributed by atoms with Crippen molar-refractivity contribution in [3.05, 3.63) is 18.2 Å². The van der Waals surface area contributed by atoms with Crippen LogP contribution in [0.15, 0.2) is 23.4 Å². The summed E-state index contributed by atoms with van der Waals surface area (Å²) in [5.41, 5.74) is 1.92. The number of thioether (sulfide) groups is 1. The van der Waals surface area contributed by atoms with Crippen molar-refractivity contribution < 1.29 is 4.74 Å². The molecule has 5 heteroatoms. The molecule has 0 radical (unpaired) electrons. The number of hydrogen-bond donors (Lipinski definition) is 1. The first-order valence-electron chi connectivity index (χ1n) is 7.29. The van der Waals surface area contributed by atoms with Crippen LogP contribution in [0, 0.1) is 23.2 Å². The van der Waals surface area contributed by atoms with E-state index in [1.54, 1.807) is 18.9 Å². The fourth-order valence-electron chi connectivity index (χ4n) is 2.90. The number of methoxy groups -OCH3 is 1. The molecular weight excluding hydrogens is 282 g/mol. The number of rotatable bonds is 3. The number of H-pyrrole nitrogens is 1. The molecule has 110 valence electrons. The summed E-state index contributed by atoms with van der Waals surface area (Å²) >= 11 is 1.71. The molecule has 3 unspecified atom stereocenters. The Bertz CT molecular complexity index is 676. The van der Waals surface area contributed by atoms with Crippen molar-refractivity contribution >= 4 is 22.8 Å². The van der Waals surface area contributed by atoms with E-state index in [1.165, 1.54) is 0 Å². The summed E-state index contributed by atoms with van der Waals surface area (Å²) in [6.07, 6.45) is 3.25. The zero-order valence-corrected chi connectivity index (χ0v) is 13.1. The molecule has 1 N–H and O–H groups in total. The third kappa shape index (κ3) is 3.01. The molecular formula is C16H19N3OS. The lowest BCUT2D eigenvalue weighted by Gasteiger charge is -2.29. The Hall–Kier alpha value is -1.67. The summed E-state index contributed by atoms with van der Waals surface area (Å²) in [4.78, 5) is 7.96. The molecule has 3 rings (SSSR count). The van der Waals surface area contributed by atoms with Crippen molar-refractivity contribution in [2.24, 2.45) is 11.8 Å². The van der Waals surface area contributed by atoms with Crippen LogP contribution >= 0.6 is 11.8 Å². The lowest BCUT2D eigenvalue weighted by molar-refractivity contribution is 0.345. The third-order valence-corrected chi connectivity index (χ3v) is 5.39. The van der Waals surface area contributed by atoms with Crippen molar-refractivity contribution in [2.75, 3.05) is 7.11 Å². The predicted molar refractivity (Wildman–Crippen MR) is 84.4 cm³/mol. The Kier molecular flexibility index (Phi) is 4.07. The minimum atomic E-state index is 0.133. The van der Waals surface area contributed by atoms with Gasteiger partial charge in [-0.1, -0.05) is 18.7 Å². The smallest absolute Gasteiger partial charge is 0.166 e. The van der Waals surface area contributed by atoms with Gasteiger partial charge in [-0.25, -0.2) is 4.98 Å². The highest BCUT2D eigenvalue weighted by Crippen LogP contribution is 2.39. The Morgan fingerprint density at radius 1 is 1.43 bits per heavy atom. The minimum absolute atomic E-state index is 0.133. The first kappa shape index (κ1) is 14.3. The lowest BCUT2D eigenvalue weighted by Crippen LogP contribution is -2.25. The second kappa shape index (κ2) is 5.98. The van der Waals surface area contributed by atoms with Crippen molar-refractivity contribution in [1.82, 2.24) is 9.97 Å². The van der Waals surface area contributed by atoms with Gasteiger partial charge in [0.05, 0.1) is 30.1 Å². The molecule has 0 spiro atoms. The number of imidazole rings is 1. The second-order valence-corrected chi connectivity index (χ2v) is 6.96. The highest BCUT2D eigenvalue weighted by atomic mass is 32.2. The summed E-state index contributed by atoms with van der Waals surface area (Å²) in [5, 5.41) is 10.6. The number of nitrogens with one attached hydrogen (secondary N) is 1. The zero-order valence-electron chi connectivity index (χ0n) is 12.3. The maximum Gasteiger partial charge on any atom is 0.166 e. The molecule has 4 nitrogen and oxygen atoms in total. The molecule has 1 aromatic carbocycles. The average molecular weight is 301 g/mol. The number of ether oxygens (including phenoxy) is 1. The first-order chi connectivity index (χ1) is 10.2. The Labute approximate surface area is 128 Å². The van der Waals surface area contributed by atoms with Gasteiger partial charge in [0.1, 0.15) is 5.75 Å². The Morgan fingerprint density at radius 3 is 3.05 bits per heavy atom. The zero-order chi connectivity index (χ0) is 14.8. The predicted octanol–water partition coefficient (Wildman–Crippen LogP) is 3.99. The molecule has 0 bridgehead atoms. The molecule has 1 fully saturated rings. The van der Waals surface area contributed by atoms with Gasteiger partial charge in [-0.05, 0) is 37.3 Å². The number of aromatic amines is 1. The van der Waals surface area contributed by atoms with Crippen LogP contribution in [0.2, 0.25) is 0 Å². The lowest BCUT2D eigenvalue weighted by atomic mass is 9.83. The summed E-state index contributed by atoms with van der Waals surface area (Å²) in [6, 6.07) is 8.29. The maximum absolute atomic E-state index is 9.32. The highest BCUT2D eigenvalue weighted by molar-refractivity contribution is 7.99. The van der Waals surface area contributed by atoms with Gasteiger partial charge in [0.15, 0.2) is 5.16 Å². The molecule has 0 saturated heterocycles. The van der Waals surface area contributed by atoms with E-state index < -0.39 is 0 Å². The van der Waals surface area contributed by atoms with Crippen LogP contribution in [0.4, 0.5) is 0 Å². The van der Waals surface area contributed by atoms with E-state index in [4.69, 9.17) is 4.74 Å². The van der Waals surface area contributed by atoms with Crippen LogP contribution in [0.1, 0.15) is 26.2 Å². The van der Waals surface area contributed by atoms with Crippen LogP contribution in [0.25, 0.3) is 11.0 Å². The number of hydrogen-bond acceptors (Lipinski definition) is 4. The minimum Gasteiger partial charge on any atom is -0.497 e. The molecule has 1 saturated carbocycles. The van der Waals surface area contributed by atoms with Gasteiger partial charge < -0.3 is 9.72 Å². The van der Waals surface area contributed by atoms with Gasteiger partial charge in [-0.2, -0.15) is 5.26 Å². The number of nitrogens with zero attached hydrogens (tertiary/aromatic N) is 2. The molecule has 1 aromatic heterocycles. The van der Waals surface area contributed by atoms with Crippen LogP contribution in [-0.4, -0.2) is 22.3 Å². The molecule has 2 aromatic rings. The largest absolute Gasteiger partial charge is 0.497 e. The Morgan fingerprint density at radius 2 is 2.29 bits per heavy atom. The summed E-state index contributed by atoms with van der Waals surface area (Å²) in [5.74, 6) is 1.65. The molecule has 1 aliphatic carbocycles. The van der Waals surface area contributed by atoms with Gasteiger partial charge in [0.2, 0.25) is 0 Å². The van der Waals surface area contributed by atoms with E-state index in [0.717, 1.165) is 41.2 Å². The van der Waals surface area contributed by atoms with E-state index in [1.807, 2.05) is 18.2 Å². The monoisotopic (exact) mass is 301 g/mol. The molecule has 21 heavy (non-hydrogen) atoms. The van der Waals surface area contributed by atoms with Gasteiger partial charge in [0.25, 0.3) is 0 Å². The normalized spacial score (nSPS) is 25.7. The molecule has 0 aliphatic heterocycles. The van der Waals surface area contributed by atoms with E-state index in [0.29, 0.717) is 11.2 Å². The first-order valence-corrected chi connectivity index (χ1v) is 8.17. The average Bonchev–Trinajstić information content (AvgIpc) is 2.88. The molecule has 0 amide bonds. The topological polar surface area (TPSA) is 61.7 Å². The van der Waals surface area contributed by atoms with E-state index in [9.17, 15) is 5.26 Å². The number of benzene rings is 1. The highest BCUT2D eigenvalue weighted by Gasteiger charge is 2.30. The SMILES string of the molecule is COc1ccc2nc(SC3CC(C)CCC3C#N)[nH]c2c1. The van der Waals surface area contributed by atoms with Crippen molar-refractivity contribution in [2.45, 2.75) is 36.6 Å². The summed E-state index contributed by atoms with van der Waals surface area (Å²) < 4.78 is 5.23. The fourth-order valence-corrected chi connectivity index (χ4v) is 4.29. The van der Waals surface area contributed by atoms with Crippen LogP contribution < -0.4 is 4.74 Å². The van der Waals surface area contributed by atoms with E-state index in [-0.39, 0.29) is 5.92 Å². The van der Waals surface area contributed by atoms with Crippen LogP contribution in [0.5, 0.6) is 5.75 Å². The van der Waals surface area contributed by atoms with E-state index in [2.05, 4.69) is 23.0 Å². The van der Waals surface area contributed by atoms with Crippen molar-refractivity contribution in [3.8, 4) is 11.8 Å².